The van der Waals surface area contributed by atoms with Gasteiger partial charge in [0.2, 0.25) is 11.8 Å². The van der Waals surface area contributed by atoms with Crippen LogP contribution in [0, 0.1) is 0 Å². The first-order chi connectivity index (χ1) is 10.5. The highest BCUT2D eigenvalue weighted by atomic mass is 16.5. The van der Waals surface area contributed by atoms with Crippen molar-refractivity contribution in [3.8, 4) is 5.75 Å². The molecule has 1 aromatic rings. The molecule has 1 N–H and O–H groups in total. The van der Waals surface area contributed by atoms with Gasteiger partial charge in [-0.25, -0.2) is 0 Å². The molecule has 5 nitrogen and oxygen atoms in total. The van der Waals surface area contributed by atoms with Crippen molar-refractivity contribution in [2.24, 2.45) is 0 Å². The number of benzene rings is 1. The highest BCUT2D eigenvalue weighted by Gasteiger charge is 2.23. The van der Waals surface area contributed by atoms with E-state index >= 15 is 0 Å². The lowest BCUT2D eigenvalue weighted by Crippen LogP contribution is -2.47. The molecule has 0 aliphatic rings. The van der Waals surface area contributed by atoms with E-state index in [0.29, 0.717) is 13.1 Å². The number of carbonyl (C=O) groups is 2. The van der Waals surface area contributed by atoms with Crippen LogP contribution < -0.4 is 10.1 Å². The normalized spacial score (nSPS) is 11.6. The number of hydrogen-bond acceptors (Lipinski definition) is 3. The Morgan fingerprint density at radius 1 is 1.27 bits per heavy atom. The SMILES string of the molecule is CCCCNC(=O)[C@@H](C)N(Cc1ccc(OC)cc1)C(C)=O. The number of rotatable bonds is 8. The molecule has 0 aliphatic carbocycles. The molecule has 22 heavy (non-hydrogen) atoms. The van der Waals surface area contributed by atoms with E-state index in [2.05, 4.69) is 12.2 Å². The first-order valence-electron chi connectivity index (χ1n) is 7.67. The van der Waals surface area contributed by atoms with Crippen LogP contribution in [0.3, 0.4) is 0 Å². The van der Waals surface area contributed by atoms with Gasteiger partial charge >= 0.3 is 0 Å². The Balaban J connectivity index is 2.71. The van der Waals surface area contributed by atoms with Gasteiger partial charge in [-0.15, -0.1) is 0 Å². The quantitative estimate of drug-likeness (QED) is 0.750. The topological polar surface area (TPSA) is 58.6 Å². The van der Waals surface area contributed by atoms with E-state index in [1.54, 1.807) is 18.9 Å². The molecule has 0 saturated heterocycles. The van der Waals surface area contributed by atoms with Gasteiger partial charge in [-0.2, -0.15) is 0 Å². The van der Waals surface area contributed by atoms with Gasteiger partial charge in [0, 0.05) is 20.0 Å². The van der Waals surface area contributed by atoms with Crippen LogP contribution in [0.15, 0.2) is 24.3 Å². The fraction of sp³-hybridized carbons (Fsp3) is 0.529. The van der Waals surface area contributed by atoms with Crippen molar-refractivity contribution in [2.45, 2.75) is 46.2 Å². The van der Waals surface area contributed by atoms with Crippen LogP contribution in [-0.2, 0) is 16.1 Å². The van der Waals surface area contributed by atoms with Gasteiger partial charge in [0.1, 0.15) is 11.8 Å². The third-order valence-electron chi connectivity index (χ3n) is 3.59. The number of unbranched alkanes of at least 4 members (excludes halogenated alkanes) is 1. The predicted molar refractivity (Wildman–Crippen MR) is 86.6 cm³/mol. The third-order valence-corrected chi connectivity index (χ3v) is 3.59. The fourth-order valence-electron chi connectivity index (χ4n) is 2.13. The third kappa shape index (κ3) is 5.39. The molecule has 2 amide bonds. The second-order valence-corrected chi connectivity index (χ2v) is 5.32. The highest BCUT2D eigenvalue weighted by Crippen LogP contribution is 2.14. The zero-order valence-electron chi connectivity index (χ0n) is 13.9. The summed E-state index contributed by atoms with van der Waals surface area (Å²) < 4.78 is 5.12. The minimum atomic E-state index is -0.489. The van der Waals surface area contributed by atoms with Crippen molar-refractivity contribution in [3.63, 3.8) is 0 Å². The highest BCUT2D eigenvalue weighted by molar-refractivity contribution is 5.86. The zero-order valence-corrected chi connectivity index (χ0v) is 13.9. The van der Waals surface area contributed by atoms with Crippen LogP contribution in [0.4, 0.5) is 0 Å². The molecule has 0 saturated carbocycles. The van der Waals surface area contributed by atoms with Crippen LogP contribution in [0.5, 0.6) is 5.75 Å². The Morgan fingerprint density at radius 2 is 1.91 bits per heavy atom. The van der Waals surface area contributed by atoms with Gasteiger partial charge in [-0.05, 0) is 31.0 Å². The van der Waals surface area contributed by atoms with Gasteiger partial charge in [0.25, 0.3) is 0 Å². The monoisotopic (exact) mass is 306 g/mol. The standard InChI is InChI=1S/C17H26N2O3/c1-5-6-11-18-17(21)13(2)19(14(3)20)12-15-7-9-16(22-4)10-8-15/h7-10,13H,5-6,11-12H2,1-4H3,(H,18,21)/t13-/m1/s1. The van der Waals surface area contributed by atoms with E-state index in [1.165, 1.54) is 6.92 Å². The van der Waals surface area contributed by atoms with Crippen molar-refractivity contribution in [2.75, 3.05) is 13.7 Å². The lowest BCUT2D eigenvalue weighted by Gasteiger charge is -2.27. The van der Waals surface area contributed by atoms with Crippen molar-refractivity contribution < 1.29 is 14.3 Å². The van der Waals surface area contributed by atoms with Crippen LogP contribution in [-0.4, -0.2) is 36.4 Å². The number of nitrogens with zero attached hydrogens (tertiary/aromatic N) is 1. The summed E-state index contributed by atoms with van der Waals surface area (Å²) >= 11 is 0. The summed E-state index contributed by atoms with van der Waals surface area (Å²) in [6.45, 7) is 6.36. The van der Waals surface area contributed by atoms with E-state index in [4.69, 9.17) is 4.74 Å². The van der Waals surface area contributed by atoms with E-state index in [9.17, 15) is 9.59 Å². The van der Waals surface area contributed by atoms with E-state index in [1.807, 2.05) is 24.3 Å². The molecular weight excluding hydrogens is 280 g/mol. The minimum absolute atomic E-state index is 0.114. The molecule has 0 aromatic heterocycles. The number of carbonyl (C=O) groups excluding carboxylic acids is 2. The molecule has 0 aliphatic heterocycles. The van der Waals surface area contributed by atoms with Gasteiger partial charge in [0.05, 0.1) is 7.11 Å². The maximum atomic E-state index is 12.1. The minimum Gasteiger partial charge on any atom is -0.497 e. The average molecular weight is 306 g/mol. The molecule has 0 fully saturated rings. The van der Waals surface area contributed by atoms with Gasteiger partial charge in [-0.3, -0.25) is 9.59 Å². The van der Waals surface area contributed by atoms with Crippen LogP contribution >= 0.6 is 0 Å². The number of hydrogen-bond donors (Lipinski definition) is 1. The maximum absolute atomic E-state index is 12.1. The maximum Gasteiger partial charge on any atom is 0.242 e. The summed E-state index contributed by atoms with van der Waals surface area (Å²) in [5.74, 6) is 0.537. The Morgan fingerprint density at radius 3 is 2.41 bits per heavy atom. The van der Waals surface area contributed by atoms with Crippen LogP contribution in [0.25, 0.3) is 0 Å². The molecule has 0 radical (unpaired) electrons. The largest absolute Gasteiger partial charge is 0.497 e. The predicted octanol–water partition coefficient (Wildman–Crippen LogP) is 2.35. The number of nitrogens with one attached hydrogen (secondary N) is 1. The molecule has 122 valence electrons. The van der Waals surface area contributed by atoms with E-state index in [-0.39, 0.29) is 11.8 Å². The van der Waals surface area contributed by atoms with Crippen molar-refractivity contribution in [1.29, 1.82) is 0 Å². The molecule has 1 rings (SSSR count). The van der Waals surface area contributed by atoms with Crippen molar-refractivity contribution in [1.82, 2.24) is 10.2 Å². The smallest absolute Gasteiger partial charge is 0.242 e. The van der Waals surface area contributed by atoms with Crippen LogP contribution in [0.2, 0.25) is 0 Å². The number of methoxy groups -OCH3 is 1. The second-order valence-electron chi connectivity index (χ2n) is 5.32. The van der Waals surface area contributed by atoms with Crippen LogP contribution in [0.1, 0.15) is 39.2 Å². The summed E-state index contributed by atoms with van der Waals surface area (Å²) in [5.41, 5.74) is 0.962. The summed E-state index contributed by atoms with van der Waals surface area (Å²) in [6, 6.07) is 7.00. The second kappa shape index (κ2) is 9.07. The zero-order chi connectivity index (χ0) is 16.5. The molecule has 0 spiro atoms. The summed E-state index contributed by atoms with van der Waals surface area (Å²) in [7, 11) is 1.61. The Kier molecular flexibility index (Phi) is 7.43. The lowest BCUT2D eigenvalue weighted by atomic mass is 10.1. The first kappa shape index (κ1) is 18.0. The molecule has 0 unspecified atom stereocenters. The van der Waals surface area contributed by atoms with Gasteiger partial charge in [-0.1, -0.05) is 25.5 Å². The molecule has 1 atom stereocenters. The molecular formula is C17H26N2O3. The number of ether oxygens (including phenoxy) is 1. The Bertz CT molecular complexity index is 485. The molecule has 0 bridgehead atoms. The summed E-state index contributed by atoms with van der Waals surface area (Å²) in [4.78, 5) is 25.6. The molecule has 0 heterocycles. The average Bonchev–Trinajstić information content (AvgIpc) is 2.52. The summed E-state index contributed by atoms with van der Waals surface area (Å²) in [6.07, 6.45) is 1.97. The van der Waals surface area contributed by atoms with E-state index in [0.717, 1.165) is 24.2 Å². The van der Waals surface area contributed by atoms with Crippen molar-refractivity contribution >= 4 is 11.8 Å². The first-order valence-corrected chi connectivity index (χ1v) is 7.67. The lowest BCUT2D eigenvalue weighted by molar-refractivity contribution is -0.138. The van der Waals surface area contributed by atoms with E-state index < -0.39 is 6.04 Å². The van der Waals surface area contributed by atoms with Gasteiger partial charge in [0.15, 0.2) is 0 Å². The summed E-state index contributed by atoms with van der Waals surface area (Å²) in [5, 5.41) is 2.87. The number of amides is 2. The molecule has 1 aromatic carbocycles. The Hall–Kier alpha value is -2.04. The van der Waals surface area contributed by atoms with Gasteiger partial charge < -0.3 is 15.0 Å². The fourth-order valence-corrected chi connectivity index (χ4v) is 2.13. The van der Waals surface area contributed by atoms with Crippen molar-refractivity contribution in [3.05, 3.63) is 29.8 Å². The molecule has 5 heteroatoms. The Labute approximate surface area is 132 Å².